The summed E-state index contributed by atoms with van der Waals surface area (Å²) in [4.78, 5) is 2.40. The summed E-state index contributed by atoms with van der Waals surface area (Å²) >= 11 is 0. The molecule has 1 saturated heterocycles. The van der Waals surface area contributed by atoms with E-state index in [0.29, 0.717) is 12.0 Å². The molecule has 4 rings (SSSR count). The number of anilines is 1. The summed E-state index contributed by atoms with van der Waals surface area (Å²) in [7, 11) is 0. The molecule has 0 aliphatic carbocycles. The zero-order valence-electron chi connectivity index (χ0n) is 13.8. The second-order valence-corrected chi connectivity index (χ2v) is 6.50. The molecule has 23 heavy (non-hydrogen) atoms. The van der Waals surface area contributed by atoms with E-state index in [-0.39, 0.29) is 0 Å². The highest BCUT2D eigenvalue weighted by Gasteiger charge is 2.31. The van der Waals surface area contributed by atoms with Gasteiger partial charge in [-0.25, -0.2) is 0 Å². The topological polar surface area (TPSA) is 46.3 Å². The molecule has 0 bridgehead atoms. The first-order valence-electron chi connectivity index (χ1n) is 8.14. The molecule has 0 saturated carbocycles. The molecule has 1 aliphatic heterocycles. The Labute approximate surface area is 136 Å². The van der Waals surface area contributed by atoms with Gasteiger partial charge in [0.25, 0.3) is 0 Å². The Bertz CT molecular complexity index is 853. The van der Waals surface area contributed by atoms with Gasteiger partial charge in [-0.2, -0.15) is 4.52 Å². The first-order chi connectivity index (χ1) is 11.1. The summed E-state index contributed by atoms with van der Waals surface area (Å²) in [5.74, 6) is 2.39. The lowest BCUT2D eigenvalue weighted by atomic mass is 9.93. The Balaban J connectivity index is 1.66. The molecule has 2 aromatic heterocycles. The third-order valence-electron chi connectivity index (χ3n) is 4.90. The van der Waals surface area contributed by atoms with Gasteiger partial charge in [0.15, 0.2) is 11.5 Å². The maximum absolute atomic E-state index is 4.74. The van der Waals surface area contributed by atoms with Crippen LogP contribution in [0.2, 0.25) is 0 Å². The van der Waals surface area contributed by atoms with E-state index in [2.05, 4.69) is 59.3 Å². The summed E-state index contributed by atoms with van der Waals surface area (Å²) in [6.07, 6.45) is 1.16. The van der Waals surface area contributed by atoms with Crippen molar-refractivity contribution in [1.82, 2.24) is 19.8 Å². The molecule has 1 aromatic carbocycles. The van der Waals surface area contributed by atoms with Crippen molar-refractivity contribution in [2.24, 2.45) is 0 Å². The average Bonchev–Trinajstić information content (AvgIpc) is 3.11. The van der Waals surface area contributed by atoms with Crippen LogP contribution in [-0.2, 0) is 0 Å². The highest BCUT2D eigenvalue weighted by molar-refractivity contribution is 5.48. The van der Waals surface area contributed by atoms with Gasteiger partial charge in [0.2, 0.25) is 0 Å². The van der Waals surface area contributed by atoms with Crippen molar-refractivity contribution in [2.75, 3.05) is 11.4 Å². The van der Waals surface area contributed by atoms with Crippen LogP contribution in [0.1, 0.15) is 36.2 Å². The number of benzene rings is 1. The monoisotopic (exact) mass is 307 g/mol. The molecule has 0 unspecified atom stereocenters. The first-order valence-corrected chi connectivity index (χ1v) is 8.14. The smallest absolute Gasteiger partial charge is 0.178 e. The van der Waals surface area contributed by atoms with Gasteiger partial charge in [0.05, 0.1) is 0 Å². The molecule has 2 atom stereocenters. The van der Waals surface area contributed by atoms with Crippen molar-refractivity contribution < 1.29 is 0 Å². The summed E-state index contributed by atoms with van der Waals surface area (Å²) in [5.41, 5.74) is 3.64. The zero-order valence-corrected chi connectivity index (χ0v) is 13.8. The normalized spacial score (nSPS) is 21.3. The molecule has 0 spiro atoms. The summed E-state index contributed by atoms with van der Waals surface area (Å²) in [6.45, 7) is 7.42. The van der Waals surface area contributed by atoms with Crippen LogP contribution in [0.4, 0.5) is 5.82 Å². The van der Waals surface area contributed by atoms with Gasteiger partial charge in [-0.15, -0.1) is 15.3 Å². The van der Waals surface area contributed by atoms with Crippen molar-refractivity contribution in [2.45, 2.75) is 39.2 Å². The van der Waals surface area contributed by atoms with E-state index < -0.39 is 0 Å². The van der Waals surface area contributed by atoms with E-state index >= 15 is 0 Å². The highest BCUT2D eigenvalue weighted by Crippen LogP contribution is 2.35. The van der Waals surface area contributed by atoms with Crippen molar-refractivity contribution in [3.8, 4) is 0 Å². The van der Waals surface area contributed by atoms with Gasteiger partial charge in [-0.1, -0.05) is 24.3 Å². The molecule has 5 heteroatoms. The Morgan fingerprint density at radius 1 is 1.04 bits per heavy atom. The predicted octanol–water partition coefficient (Wildman–Crippen LogP) is 3.12. The fraction of sp³-hybridized carbons (Fsp3) is 0.389. The Morgan fingerprint density at radius 2 is 1.87 bits per heavy atom. The second-order valence-electron chi connectivity index (χ2n) is 6.50. The molecule has 0 N–H and O–H groups in total. The number of aryl methyl sites for hydroxylation is 2. The number of fused-ring (bicyclic) bond motifs is 1. The van der Waals surface area contributed by atoms with Crippen LogP contribution in [0.5, 0.6) is 0 Å². The third kappa shape index (κ3) is 2.36. The van der Waals surface area contributed by atoms with Crippen molar-refractivity contribution in [3.63, 3.8) is 0 Å². The number of nitrogens with zero attached hydrogens (tertiary/aromatic N) is 5. The zero-order chi connectivity index (χ0) is 16.0. The molecular weight excluding hydrogens is 286 g/mol. The van der Waals surface area contributed by atoms with Gasteiger partial charge in [0, 0.05) is 18.5 Å². The summed E-state index contributed by atoms with van der Waals surface area (Å²) in [5, 5.41) is 12.9. The molecule has 5 nitrogen and oxygen atoms in total. The molecule has 3 aromatic rings. The Morgan fingerprint density at radius 3 is 2.70 bits per heavy atom. The molecule has 1 aliphatic rings. The number of rotatable bonds is 2. The molecule has 0 amide bonds. The first kappa shape index (κ1) is 14.2. The largest absolute Gasteiger partial charge is 0.352 e. The van der Waals surface area contributed by atoms with E-state index in [1.165, 1.54) is 11.1 Å². The average molecular weight is 307 g/mol. The van der Waals surface area contributed by atoms with Crippen LogP contribution in [0.15, 0.2) is 36.4 Å². The quantitative estimate of drug-likeness (QED) is 0.730. The summed E-state index contributed by atoms with van der Waals surface area (Å²) in [6, 6.07) is 13.2. The minimum absolute atomic E-state index is 0.473. The van der Waals surface area contributed by atoms with Crippen LogP contribution in [0.25, 0.3) is 5.65 Å². The maximum atomic E-state index is 4.74. The predicted molar refractivity (Wildman–Crippen MR) is 90.9 cm³/mol. The van der Waals surface area contributed by atoms with E-state index in [4.69, 9.17) is 5.10 Å². The minimum atomic E-state index is 0.473. The Kier molecular flexibility index (Phi) is 3.29. The lowest BCUT2D eigenvalue weighted by Crippen LogP contribution is -2.28. The molecule has 1 fully saturated rings. The van der Waals surface area contributed by atoms with E-state index in [9.17, 15) is 0 Å². The molecular formula is C18H21N5. The minimum Gasteiger partial charge on any atom is -0.352 e. The van der Waals surface area contributed by atoms with Crippen molar-refractivity contribution >= 4 is 11.5 Å². The fourth-order valence-corrected chi connectivity index (χ4v) is 3.66. The number of aromatic nitrogens is 4. The number of hydrogen-bond acceptors (Lipinski definition) is 4. The van der Waals surface area contributed by atoms with E-state index in [1.54, 1.807) is 0 Å². The third-order valence-corrected chi connectivity index (χ3v) is 4.90. The van der Waals surface area contributed by atoms with Crippen LogP contribution in [-0.4, -0.2) is 32.4 Å². The number of hydrogen-bond donors (Lipinski definition) is 0. The van der Waals surface area contributed by atoms with Crippen molar-refractivity contribution in [1.29, 1.82) is 0 Å². The molecule has 3 heterocycles. The lowest BCUT2D eigenvalue weighted by Gasteiger charge is -2.22. The van der Waals surface area contributed by atoms with Gasteiger partial charge in [0.1, 0.15) is 5.82 Å². The van der Waals surface area contributed by atoms with Crippen LogP contribution >= 0.6 is 0 Å². The van der Waals surface area contributed by atoms with Gasteiger partial charge < -0.3 is 4.90 Å². The molecule has 118 valence electrons. The van der Waals surface area contributed by atoms with Crippen LogP contribution < -0.4 is 4.90 Å². The maximum Gasteiger partial charge on any atom is 0.178 e. The van der Waals surface area contributed by atoms with Gasteiger partial charge >= 0.3 is 0 Å². The lowest BCUT2D eigenvalue weighted by molar-refractivity contribution is 0.690. The second kappa shape index (κ2) is 5.33. The fourth-order valence-electron chi connectivity index (χ4n) is 3.66. The van der Waals surface area contributed by atoms with Gasteiger partial charge in [-0.3, -0.25) is 0 Å². The highest BCUT2D eigenvalue weighted by atomic mass is 15.4. The van der Waals surface area contributed by atoms with E-state index in [0.717, 1.165) is 30.3 Å². The SMILES string of the molecule is Cc1ccccc1[C@H]1C[C@@H](C)N(c2ccc3nnc(C)n3n2)C1. The van der Waals surface area contributed by atoms with Crippen molar-refractivity contribution in [3.05, 3.63) is 53.3 Å². The molecule has 0 radical (unpaired) electrons. The standard InChI is InChI=1S/C18H21N5/c1-12-6-4-5-7-16(12)15-10-13(2)22(11-15)18-9-8-17-20-19-14(3)23(17)21-18/h4-9,13,15H,10-11H2,1-3H3/t13-,15+/m1/s1. The summed E-state index contributed by atoms with van der Waals surface area (Å²) < 4.78 is 1.82. The van der Waals surface area contributed by atoms with Crippen LogP contribution in [0, 0.1) is 13.8 Å². The van der Waals surface area contributed by atoms with E-state index in [1.807, 2.05) is 17.5 Å². The van der Waals surface area contributed by atoms with Gasteiger partial charge in [-0.05, 0) is 50.5 Å². The van der Waals surface area contributed by atoms with Crippen LogP contribution in [0.3, 0.4) is 0 Å². The Hall–Kier alpha value is -2.43.